The van der Waals surface area contributed by atoms with Crippen LogP contribution in [0.3, 0.4) is 0 Å². The molecule has 0 amide bonds. The normalized spacial score (nSPS) is 10.4. The minimum atomic E-state index is 0.701. The Kier molecular flexibility index (Phi) is 5.61. The van der Waals surface area contributed by atoms with Crippen molar-refractivity contribution in [3.63, 3.8) is 0 Å². The maximum Gasteiger partial charge on any atom is 0.122 e. The van der Waals surface area contributed by atoms with Gasteiger partial charge in [0.15, 0.2) is 0 Å². The number of rotatable bonds is 7. The van der Waals surface area contributed by atoms with E-state index in [4.69, 9.17) is 4.74 Å². The van der Waals surface area contributed by atoms with Crippen LogP contribution < -0.4 is 10.1 Å². The predicted molar refractivity (Wildman–Crippen MR) is 87.9 cm³/mol. The maximum atomic E-state index is 5.27. The number of benzene rings is 1. The van der Waals surface area contributed by atoms with E-state index in [9.17, 15) is 0 Å². The van der Waals surface area contributed by atoms with E-state index in [-0.39, 0.29) is 0 Å². The number of methoxy groups -OCH3 is 1. The van der Waals surface area contributed by atoms with Crippen LogP contribution in [0.25, 0.3) is 0 Å². The van der Waals surface area contributed by atoms with Crippen LogP contribution in [0.2, 0.25) is 0 Å². The Morgan fingerprint density at radius 3 is 2.57 bits per heavy atom. The average Bonchev–Trinajstić information content (AvgIpc) is 2.51. The zero-order valence-corrected chi connectivity index (χ0v) is 13.1. The third kappa shape index (κ3) is 4.78. The van der Waals surface area contributed by atoms with Crippen molar-refractivity contribution in [2.75, 3.05) is 12.4 Å². The van der Waals surface area contributed by atoms with Gasteiger partial charge >= 0.3 is 0 Å². The van der Waals surface area contributed by atoms with E-state index in [0.717, 1.165) is 29.2 Å². The first-order valence-electron chi connectivity index (χ1n) is 7.55. The lowest BCUT2D eigenvalue weighted by Gasteiger charge is -2.09. The first kappa shape index (κ1) is 15.4. The summed E-state index contributed by atoms with van der Waals surface area (Å²) in [7, 11) is 1.68. The number of anilines is 1. The van der Waals surface area contributed by atoms with E-state index in [1.54, 1.807) is 7.11 Å². The minimum Gasteiger partial charge on any atom is -0.497 e. The molecule has 0 aliphatic carbocycles. The lowest BCUT2D eigenvalue weighted by molar-refractivity contribution is 0.413. The van der Waals surface area contributed by atoms with Gasteiger partial charge in [0.1, 0.15) is 5.75 Å². The Morgan fingerprint density at radius 2 is 1.90 bits per heavy atom. The molecule has 2 aromatic rings. The standard InChI is InChI=1S/C18H24N2O/c1-4-5-6-15-7-9-16(10-8-15)19-13-17-12-18(21-3)11-14(2)20-17/h7-12,19H,4-6,13H2,1-3H3. The number of hydrogen-bond acceptors (Lipinski definition) is 3. The number of pyridine rings is 1. The molecule has 0 radical (unpaired) electrons. The molecule has 0 atom stereocenters. The molecule has 21 heavy (non-hydrogen) atoms. The highest BCUT2D eigenvalue weighted by Gasteiger charge is 2.01. The van der Waals surface area contributed by atoms with E-state index in [0.29, 0.717) is 6.54 Å². The van der Waals surface area contributed by atoms with E-state index >= 15 is 0 Å². The van der Waals surface area contributed by atoms with Gasteiger partial charge in [-0.05, 0) is 37.5 Å². The number of aromatic nitrogens is 1. The van der Waals surface area contributed by atoms with E-state index in [1.807, 2.05) is 19.1 Å². The van der Waals surface area contributed by atoms with Crippen molar-refractivity contribution in [2.24, 2.45) is 0 Å². The largest absolute Gasteiger partial charge is 0.497 e. The molecular formula is C18H24N2O. The van der Waals surface area contributed by atoms with E-state index in [2.05, 4.69) is 41.5 Å². The maximum absolute atomic E-state index is 5.27. The highest BCUT2D eigenvalue weighted by molar-refractivity contribution is 5.45. The molecule has 0 fully saturated rings. The van der Waals surface area contributed by atoms with Crippen molar-refractivity contribution < 1.29 is 4.74 Å². The fourth-order valence-corrected chi connectivity index (χ4v) is 2.27. The summed E-state index contributed by atoms with van der Waals surface area (Å²) in [6.07, 6.45) is 3.65. The summed E-state index contributed by atoms with van der Waals surface area (Å²) >= 11 is 0. The van der Waals surface area contributed by atoms with Gasteiger partial charge in [0.2, 0.25) is 0 Å². The Balaban J connectivity index is 1.95. The Labute approximate surface area is 127 Å². The molecule has 1 aromatic heterocycles. The second-order valence-electron chi connectivity index (χ2n) is 5.29. The first-order valence-corrected chi connectivity index (χ1v) is 7.55. The molecule has 0 aliphatic rings. The second kappa shape index (κ2) is 7.67. The third-order valence-corrected chi connectivity index (χ3v) is 3.46. The number of unbranched alkanes of at least 4 members (excludes halogenated alkanes) is 1. The molecule has 2 rings (SSSR count). The molecule has 0 unspecified atom stereocenters. The van der Waals surface area contributed by atoms with Crippen molar-refractivity contribution in [3.05, 3.63) is 53.3 Å². The third-order valence-electron chi connectivity index (χ3n) is 3.46. The minimum absolute atomic E-state index is 0.701. The van der Waals surface area contributed by atoms with Crippen molar-refractivity contribution >= 4 is 5.69 Å². The lowest BCUT2D eigenvalue weighted by atomic mass is 10.1. The zero-order valence-electron chi connectivity index (χ0n) is 13.1. The summed E-state index contributed by atoms with van der Waals surface area (Å²) in [6, 6.07) is 12.6. The predicted octanol–water partition coefficient (Wildman–Crippen LogP) is 4.35. The molecule has 0 spiro atoms. The molecule has 1 aromatic carbocycles. The summed E-state index contributed by atoms with van der Waals surface area (Å²) in [5.74, 6) is 0.856. The van der Waals surface area contributed by atoms with Crippen molar-refractivity contribution in [3.8, 4) is 5.75 Å². The van der Waals surface area contributed by atoms with Gasteiger partial charge in [0, 0.05) is 23.5 Å². The lowest BCUT2D eigenvalue weighted by Crippen LogP contribution is -2.03. The van der Waals surface area contributed by atoms with Crippen LogP contribution in [0, 0.1) is 6.92 Å². The van der Waals surface area contributed by atoms with Gasteiger partial charge in [-0.2, -0.15) is 0 Å². The monoisotopic (exact) mass is 284 g/mol. The molecule has 1 heterocycles. The summed E-state index contributed by atoms with van der Waals surface area (Å²) in [4.78, 5) is 4.51. The zero-order chi connectivity index (χ0) is 15.1. The summed E-state index contributed by atoms with van der Waals surface area (Å²) in [6.45, 7) is 4.90. The van der Waals surface area contributed by atoms with Crippen LogP contribution >= 0.6 is 0 Å². The molecular weight excluding hydrogens is 260 g/mol. The van der Waals surface area contributed by atoms with Crippen molar-refractivity contribution in [1.82, 2.24) is 4.98 Å². The molecule has 3 heteroatoms. The molecule has 0 saturated heterocycles. The van der Waals surface area contributed by atoms with E-state index in [1.165, 1.54) is 18.4 Å². The fraction of sp³-hybridized carbons (Fsp3) is 0.389. The Hall–Kier alpha value is -2.03. The molecule has 0 bridgehead atoms. The quantitative estimate of drug-likeness (QED) is 0.820. The number of ether oxygens (including phenoxy) is 1. The molecule has 1 N–H and O–H groups in total. The van der Waals surface area contributed by atoms with Crippen molar-refractivity contribution in [1.29, 1.82) is 0 Å². The molecule has 112 valence electrons. The number of hydrogen-bond donors (Lipinski definition) is 1. The smallest absolute Gasteiger partial charge is 0.122 e. The van der Waals surface area contributed by atoms with Crippen LogP contribution in [0.4, 0.5) is 5.69 Å². The summed E-state index contributed by atoms with van der Waals surface area (Å²) < 4.78 is 5.27. The van der Waals surface area contributed by atoms with Gasteiger partial charge in [-0.3, -0.25) is 4.98 Å². The van der Waals surface area contributed by atoms with E-state index < -0.39 is 0 Å². The highest BCUT2D eigenvalue weighted by Crippen LogP contribution is 2.16. The Bertz CT molecular complexity index is 564. The molecule has 0 saturated carbocycles. The Morgan fingerprint density at radius 1 is 1.14 bits per heavy atom. The number of aryl methyl sites for hydroxylation is 2. The summed E-state index contributed by atoms with van der Waals surface area (Å²) in [5.41, 5.74) is 4.48. The van der Waals surface area contributed by atoms with Crippen LogP contribution in [-0.2, 0) is 13.0 Å². The van der Waals surface area contributed by atoms with Gasteiger partial charge in [0.05, 0.1) is 19.3 Å². The fourth-order valence-electron chi connectivity index (χ4n) is 2.27. The first-order chi connectivity index (χ1) is 10.2. The van der Waals surface area contributed by atoms with Gasteiger partial charge in [-0.15, -0.1) is 0 Å². The van der Waals surface area contributed by atoms with Gasteiger partial charge in [-0.25, -0.2) is 0 Å². The SMILES string of the molecule is CCCCc1ccc(NCc2cc(OC)cc(C)n2)cc1. The van der Waals surface area contributed by atoms with Crippen LogP contribution in [0.5, 0.6) is 5.75 Å². The van der Waals surface area contributed by atoms with Gasteiger partial charge in [0.25, 0.3) is 0 Å². The summed E-state index contributed by atoms with van der Waals surface area (Å²) in [5, 5.41) is 3.40. The average molecular weight is 284 g/mol. The number of nitrogens with one attached hydrogen (secondary N) is 1. The van der Waals surface area contributed by atoms with Crippen LogP contribution in [-0.4, -0.2) is 12.1 Å². The number of nitrogens with zero attached hydrogens (tertiary/aromatic N) is 1. The molecule has 3 nitrogen and oxygen atoms in total. The van der Waals surface area contributed by atoms with Crippen LogP contribution in [0.1, 0.15) is 36.7 Å². The van der Waals surface area contributed by atoms with Crippen LogP contribution in [0.15, 0.2) is 36.4 Å². The van der Waals surface area contributed by atoms with Gasteiger partial charge in [-0.1, -0.05) is 25.5 Å². The van der Waals surface area contributed by atoms with Gasteiger partial charge < -0.3 is 10.1 Å². The topological polar surface area (TPSA) is 34.1 Å². The highest BCUT2D eigenvalue weighted by atomic mass is 16.5. The van der Waals surface area contributed by atoms with Crippen molar-refractivity contribution in [2.45, 2.75) is 39.7 Å². The molecule has 0 aliphatic heterocycles. The second-order valence-corrected chi connectivity index (χ2v) is 5.29.